The van der Waals surface area contributed by atoms with Crippen molar-refractivity contribution in [1.82, 2.24) is 9.80 Å². The maximum absolute atomic E-state index is 10.3. The zero-order chi connectivity index (χ0) is 20.5. The molecular formula is C24H36Cl2N2O2. The molecule has 2 aromatic rings. The summed E-state index contributed by atoms with van der Waals surface area (Å²) in [4.78, 5) is 4.54. The van der Waals surface area contributed by atoms with Crippen molar-refractivity contribution in [3.05, 3.63) is 58.7 Å². The Morgan fingerprint density at radius 1 is 0.633 bits per heavy atom. The molecule has 4 nitrogen and oxygen atoms in total. The van der Waals surface area contributed by atoms with Gasteiger partial charge in [0.15, 0.2) is 0 Å². The van der Waals surface area contributed by atoms with Gasteiger partial charge in [0, 0.05) is 24.2 Å². The average Bonchev–Trinajstić information content (AvgIpc) is 2.71. The molecule has 2 aromatic carbocycles. The van der Waals surface area contributed by atoms with Crippen molar-refractivity contribution in [3.63, 3.8) is 0 Å². The molecule has 0 aromatic heterocycles. The molecule has 0 spiro atoms. The van der Waals surface area contributed by atoms with E-state index in [-0.39, 0.29) is 24.8 Å². The molecule has 0 radical (unpaired) electrons. The van der Waals surface area contributed by atoms with Gasteiger partial charge in [-0.05, 0) is 49.4 Å². The van der Waals surface area contributed by atoms with E-state index in [2.05, 4.69) is 37.5 Å². The van der Waals surface area contributed by atoms with E-state index in [4.69, 9.17) is 0 Å². The van der Waals surface area contributed by atoms with Crippen LogP contribution in [-0.2, 0) is 13.1 Å². The maximum atomic E-state index is 10.3. The minimum Gasteiger partial charge on any atom is -0.508 e. The summed E-state index contributed by atoms with van der Waals surface area (Å²) < 4.78 is 0. The fourth-order valence-electron chi connectivity index (χ4n) is 3.21. The molecule has 6 heteroatoms. The third kappa shape index (κ3) is 8.19. The van der Waals surface area contributed by atoms with Crippen molar-refractivity contribution in [3.8, 4) is 11.5 Å². The second-order valence-electron chi connectivity index (χ2n) is 7.03. The van der Waals surface area contributed by atoms with Crippen LogP contribution >= 0.6 is 24.8 Å². The molecular weight excluding hydrogens is 419 g/mol. The predicted octanol–water partition coefficient (Wildman–Crippen LogP) is 5.80. The quantitative estimate of drug-likeness (QED) is 0.445. The number of hydrogen-bond donors (Lipinski definition) is 2. The fraction of sp³-hybridized carbons (Fsp3) is 0.417. The number of aromatic hydroxyl groups is 2. The van der Waals surface area contributed by atoms with E-state index in [9.17, 15) is 10.2 Å². The van der Waals surface area contributed by atoms with E-state index in [1.54, 1.807) is 12.1 Å². The first-order valence-corrected chi connectivity index (χ1v) is 10.3. The Morgan fingerprint density at radius 2 is 0.967 bits per heavy atom. The predicted molar refractivity (Wildman–Crippen MR) is 133 cm³/mol. The second kappa shape index (κ2) is 14.3. The number of halogens is 2. The maximum Gasteiger partial charge on any atom is 0.120 e. The zero-order valence-electron chi connectivity index (χ0n) is 18.5. The van der Waals surface area contributed by atoms with Gasteiger partial charge in [-0.3, -0.25) is 9.80 Å². The normalized spacial score (nSPS) is 11.0. The highest BCUT2D eigenvalue weighted by molar-refractivity contribution is 5.85. The fourth-order valence-corrected chi connectivity index (χ4v) is 3.21. The molecule has 2 N–H and O–H groups in total. The molecule has 0 aliphatic rings. The summed E-state index contributed by atoms with van der Waals surface area (Å²) >= 11 is 0. The summed E-state index contributed by atoms with van der Waals surface area (Å²) in [6.45, 7) is 13.9. The number of phenolic OH excluding ortho intramolecular Hbond substituents is 2. The summed E-state index contributed by atoms with van der Waals surface area (Å²) in [7, 11) is 0. The Balaban J connectivity index is 0.00000420. The lowest BCUT2D eigenvalue weighted by molar-refractivity contribution is 0.291. The van der Waals surface area contributed by atoms with Crippen LogP contribution < -0.4 is 0 Å². The molecule has 0 amide bonds. The Bertz CT molecular complexity index is 723. The number of benzene rings is 2. The lowest BCUT2D eigenvalue weighted by atomic mass is 10.1. The highest BCUT2D eigenvalue weighted by atomic mass is 35.5. The molecule has 0 aliphatic carbocycles. The van der Waals surface area contributed by atoms with E-state index in [1.807, 2.05) is 36.4 Å². The highest BCUT2D eigenvalue weighted by Gasteiger charge is 2.07. The van der Waals surface area contributed by atoms with Gasteiger partial charge in [-0.2, -0.15) is 0 Å². The number of hydrogen-bond acceptors (Lipinski definition) is 4. The minimum atomic E-state index is 0. The van der Waals surface area contributed by atoms with Crippen molar-refractivity contribution in [2.75, 3.05) is 26.2 Å². The van der Waals surface area contributed by atoms with Gasteiger partial charge in [-0.25, -0.2) is 0 Å². The van der Waals surface area contributed by atoms with Crippen molar-refractivity contribution < 1.29 is 10.2 Å². The Labute approximate surface area is 194 Å². The molecule has 0 atom stereocenters. The van der Waals surface area contributed by atoms with E-state index in [0.717, 1.165) is 61.5 Å². The summed E-state index contributed by atoms with van der Waals surface area (Å²) in [5, 5.41) is 20.7. The van der Waals surface area contributed by atoms with Crippen LogP contribution in [0, 0.1) is 0 Å². The van der Waals surface area contributed by atoms with Crippen LogP contribution in [0.15, 0.2) is 36.4 Å². The van der Waals surface area contributed by atoms with Gasteiger partial charge in [0.2, 0.25) is 0 Å². The number of phenols is 2. The topological polar surface area (TPSA) is 46.9 Å². The summed E-state index contributed by atoms with van der Waals surface area (Å²) in [5.74, 6) is 0.651. The van der Waals surface area contributed by atoms with Crippen LogP contribution in [0.4, 0.5) is 0 Å². The first-order valence-electron chi connectivity index (χ1n) is 10.3. The smallest absolute Gasteiger partial charge is 0.120 e. The van der Waals surface area contributed by atoms with Crippen LogP contribution in [-0.4, -0.2) is 46.2 Å². The molecule has 0 fully saturated rings. The molecule has 0 saturated carbocycles. The molecule has 0 aliphatic heterocycles. The molecule has 168 valence electrons. The molecule has 2 rings (SSSR count). The Hall–Kier alpha value is -1.72. The van der Waals surface area contributed by atoms with Crippen LogP contribution in [0.3, 0.4) is 0 Å². The standard InChI is InChI=1S/C24H34N2O2.2ClH/c1-5-25(6-2)17-21-13-11-19(15-23(21)27)9-10-20-12-14-22(24(28)16-20)18-26(7-3)8-4;;/h9-16,27-28H,5-8,17-18H2,1-4H3;2*1H/b10-9-;;. The van der Waals surface area contributed by atoms with Crippen molar-refractivity contribution in [2.24, 2.45) is 0 Å². The molecule has 30 heavy (non-hydrogen) atoms. The molecule has 0 unspecified atom stereocenters. The van der Waals surface area contributed by atoms with E-state index in [1.165, 1.54) is 0 Å². The van der Waals surface area contributed by atoms with Crippen LogP contribution in [0.2, 0.25) is 0 Å². The van der Waals surface area contributed by atoms with E-state index < -0.39 is 0 Å². The van der Waals surface area contributed by atoms with Gasteiger partial charge in [-0.15, -0.1) is 24.8 Å². The van der Waals surface area contributed by atoms with Crippen LogP contribution in [0.1, 0.15) is 49.9 Å². The second-order valence-corrected chi connectivity index (χ2v) is 7.03. The molecule has 0 bridgehead atoms. The lowest BCUT2D eigenvalue weighted by Gasteiger charge is -2.19. The SMILES string of the molecule is CCN(CC)Cc1ccc(/C=C\c2ccc(CN(CC)CC)c(O)c2)cc1O.Cl.Cl. The average molecular weight is 455 g/mol. The summed E-state index contributed by atoms with van der Waals surface area (Å²) in [6, 6.07) is 11.6. The van der Waals surface area contributed by atoms with Crippen molar-refractivity contribution in [1.29, 1.82) is 0 Å². The third-order valence-electron chi connectivity index (χ3n) is 5.26. The van der Waals surface area contributed by atoms with Crippen LogP contribution in [0.5, 0.6) is 11.5 Å². The molecule has 0 heterocycles. The van der Waals surface area contributed by atoms with Crippen molar-refractivity contribution >= 4 is 37.0 Å². The van der Waals surface area contributed by atoms with Gasteiger partial charge < -0.3 is 10.2 Å². The van der Waals surface area contributed by atoms with Gasteiger partial charge in [0.25, 0.3) is 0 Å². The van der Waals surface area contributed by atoms with Gasteiger partial charge in [-0.1, -0.05) is 64.1 Å². The number of rotatable bonds is 10. The lowest BCUT2D eigenvalue weighted by Crippen LogP contribution is -2.22. The third-order valence-corrected chi connectivity index (χ3v) is 5.26. The largest absolute Gasteiger partial charge is 0.508 e. The zero-order valence-corrected chi connectivity index (χ0v) is 20.1. The summed E-state index contributed by atoms with van der Waals surface area (Å²) in [6.07, 6.45) is 3.92. The van der Waals surface area contributed by atoms with Gasteiger partial charge in [0.1, 0.15) is 11.5 Å². The monoisotopic (exact) mass is 454 g/mol. The van der Waals surface area contributed by atoms with Gasteiger partial charge in [0.05, 0.1) is 0 Å². The van der Waals surface area contributed by atoms with Crippen molar-refractivity contribution in [2.45, 2.75) is 40.8 Å². The van der Waals surface area contributed by atoms with E-state index >= 15 is 0 Å². The van der Waals surface area contributed by atoms with Gasteiger partial charge >= 0.3 is 0 Å². The first-order chi connectivity index (χ1) is 13.5. The number of nitrogens with zero attached hydrogens (tertiary/aromatic N) is 2. The van der Waals surface area contributed by atoms with Crippen LogP contribution in [0.25, 0.3) is 12.2 Å². The Kier molecular flexibility index (Phi) is 13.5. The highest BCUT2D eigenvalue weighted by Crippen LogP contribution is 2.24. The molecule has 0 saturated heterocycles. The van der Waals surface area contributed by atoms with E-state index in [0.29, 0.717) is 11.5 Å². The minimum absolute atomic E-state index is 0. The first kappa shape index (κ1) is 28.3. The summed E-state index contributed by atoms with van der Waals surface area (Å²) in [5.41, 5.74) is 3.76. The Morgan fingerprint density at radius 3 is 1.23 bits per heavy atom.